The lowest BCUT2D eigenvalue weighted by atomic mass is 10.1. The Morgan fingerprint density at radius 3 is 2.64 bits per heavy atom. The average molecular weight is 483 g/mol. The van der Waals surface area contributed by atoms with Gasteiger partial charge < -0.3 is 24.5 Å². The summed E-state index contributed by atoms with van der Waals surface area (Å²) >= 11 is 0. The fraction of sp³-hybridized carbons (Fsp3) is 0.200. The summed E-state index contributed by atoms with van der Waals surface area (Å²) in [5.41, 5.74) is 4.49. The van der Waals surface area contributed by atoms with E-state index in [-0.39, 0.29) is 12.3 Å². The van der Waals surface area contributed by atoms with Gasteiger partial charge in [-0.05, 0) is 36.4 Å². The smallest absolute Gasteiger partial charge is 0.232 e. The van der Waals surface area contributed by atoms with Crippen molar-refractivity contribution in [1.82, 2.24) is 30.1 Å². The highest BCUT2D eigenvalue weighted by Gasteiger charge is 2.19. The Morgan fingerprint density at radius 1 is 1.03 bits per heavy atom. The van der Waals surface area contributed by atoms with Crippen molar-refractivity contribution in [2.75, 3.05) is 36.5 Å². The summed E-state index contributed by atoms with van der Waals surface area (Å²) in [6, 6.07) is 12.9. The van der Waals surface area contributed by atoms with Crippen molar-refractivity contribution in [3.63, 3.8) is 0 Å². The maximum Gasteiger partial charge on any atom is 0.232 e. The minimum atomic E-state index is -0.200. The molecular formula is C25H22N8O3. The number of nitrogens with one attached hydrogen (secondary N) is 2. The molecule has 0 aliphatic carbocycles. The van der Waals surface area contributed by atoms with Crippen LogP contribution in [-0.4, -0.2) is 62.3 Å². The Hall–Kier alpha value is -4.64. The third kappa shape index (κ3) is 4.51. The molecule has 0 spiro atoms. The summed E-state index contributed by atoms with van der Waals surface area (Å²) in [5.74, 6) is 1.77. The average Bonchev–Trinajstić information content (AvgIpc) is 3.57. The van der Waals surface area contributed by atoms with Gasteiger partial charge in [0.1, 0.15) is 23.6 Å². The molecular weight excluding hydrogens is 460 g/mol. The maximum atomic E-state index is 12.5. The number of anilines is 2. The van der Waals surface area contributed by atoms with Crippen molar-refractivity contribution in [2.45, 2.75) is 6.42 Å². The molecule has 1 amide bonds. The number of hydrogen-bond acceptors (Lipinski definition) is 9. The van der Waals surface area contributed by atoms with E-state index in [0.29, 0.717) is 41.8 Å². The number of rotatable bonds is 6. The molecule has 5 aromatic rings. The molecule has 0 unspecified atom stereocenters. The molecule has 5 heterocycles. The largest absolute Gasteiger partial charge is 0.378 e. The molecule has 1 saturated heterocycles. The standard InChI is InChI=1S/C25H22N8O3/c34-21(14-19-13-20(32-36-19)16-5-7-26-8-6-16)29-18-3-1-17(2-4-18)23-30-22-24(31-23)27-15-28-25(22)33-9-11-35-12-10-33/h1-8,13,15H,9-12,14H2,(H,29,34)(H,27,28,30,31). The molecule has 36 heavy (non-hydrogen) atoms. The van der Waals surface area contributed by atoms with Crippen molar-refractivity contribution in [3.05, 3.63) is 66.9 Å². The normalized spacial score (nSPS) is 13.7. The molecule has 0 saturated carbocycles. The first kappa shape index (κ1) is 21.9. The van der Waals surface area contributed by atoms with E-state index >= 15 is 0 Å². The van der Waals surface area contributed by atoms with Gasteiger partial charge in [0, 0.05) is 48.4 Å². The van der Waals surface area contributed by atoms with Gasteiger partial charge >= 0.3 is 0 Å². The fourth-order valence-corrected chi connectivity index (χ4v) is 4.09. The summed E-state index contributed by atoms with van der Waals surface area (Å²) in [5, 5.41) is 6.92. The Bertz CT molecular complexity index is 1490. The highest BCUT2D eigenvalue weighted by atomic mass is 16.5. The lowest BCUT2D eigenvalue weighted by Crippen LogP contribution is -2.36. The predicted molar refractivity (Wildman–Crippen MR) is 132 cm³/mol. The molecule has 2 N–H and O–H groups in total. The number of aromatic nitrogens is 6. The second-order valence-electron chi connectivity index (χ2n) is 8.30. The van der Waals surface area contributed by atoms with Crippen LogP contribution >= 0.6 is 0 Å². The van der Waals surface area contributed by atoms with Gasteiger partial charge in [-0.25, -0.2) is 15.0 Å². The molecule has 11 heteroatoms. The summed E-state index contributed by atoms with van der Waals surface area (Å²) in [4.78, 5) is 35.5. The van der Waals surface area contributed by atoms with Crippen LogP contribution in [0.15, 0.2) is 65.7 Å². The van der Waals surface area contributed by atoms with E-state index in [1.807, 2.05) is 36.4 Å². The van der Waals surface area contributed by atoms with Crippen LogP contribution in [-0.2, 0) is 16.0 Å². The van der Waals surface area contributed by atoms with Crippen molar-refractivity contribution in [3.8, 4) is 22.6 Å². The SMILES string of the molecule is O=C(Cc1cc(-c2ccncc2)no1)Nc1ccc(-c2nc3c(N4CCOCC4)ncnc3[nH]2)cc1. The zero-order valence-corrected chi connectivity index (χ0v) is 19.2. The molecule has 1 aliphatic heterocycles. The zero-order chi connectivity index (χ0) is 24.3. The first-order valence-electron chi connectivity index (χ1n) is 11.5. The molecule has 11 nitrogen and oxygen atoms in total. The van der Waals surface area contributed by atoms with E-state index in [1.165, 1.54) is 0 Å². The Balaban J connectivity index is 1.14. The summed E-state index contributed by atoms with van der Waals surface area (Å²) in [7, 11) is 0. The van der Waals surface area contributed by atoms with E-state index < -0.39 is 0 Å². The minimum Gasteiger partial charge on any atom is -0.378 e. The van der Waals surface area contributed by atoms with Crippen molar-refractivity contribution >= 4 is 28.6 Å². The van der Waals surface area contributed by atoms with Crippen LogP contribution in [0, 0.1) is 0 Å². The van der Waals surface area contributed by atoms with Crippen LogP contribution in [0.25, 0.3) is 33.8 Å². The molecule has 6 rings (SSSR count). The number of nitrogens with zero attached hydrogens (tertiary/aromatic N) is 6. The number of imidazole rings is 1. The molecule has 180 valence electrons. The van der Waals surface area contributed by atoms with Gasteiger partial charge in [0.2, 0.25) is 5.91 Å². The monoisotopic (exact) mass is 482 g/mol. The molecule has 0 bridgehead atoms. The number of aromatic amines is 1. The highest BCUT2D eigenvalue weighted by Crippen LogP contribution is 2.26. The van der Waals surface area contributed by atoms with Gasteiger partial charge in [0.25, 0.3) is 0 Å². The number of fused-ring (bicyclic) bond motifs is 1. The predicted octanol–water partition coefficient (Wildman–Crippen LogP) is 3.09. The van der Waals surface area contributed by atoms with Crippen molar-refractivity contribution in [1.29, 1.82) is 0 Å². The second-order valence-corrected chi connectivity index (χ2v) is 8.30. The van der Waals surface area contributed by atoms with Gasteiger partial charge in [-0.1, -0.05) is 5.16 Å². The first-order chi connectivity index (χ1) is 17.7. The maximum absolute atomic E-state index is 12.5. The van der Waals surface area contributed by atoms with E-state index in [1.54, 1.807) is 24.8 Å². The van der Waals surface area contributed by atoms with E-state index in [4.69, 9.17) is 14.2 Å². The molecule has 0 radical (unpaired) electrons. The van der Waals surface area contributed by atoms with Crippen LogP contribution < -0.4 is 10.2 Å². The van der Waals surface area contributed by atoms with Gasteiger partial charge in [-0.2, -0.15) is 0 Å². The van der Waals surface area contributed by atoms with Crippen LogP contribution in [0.4, 0.5) is 11.5 Å². The number of H-pyrrole nitrogens is 1. The van der Waals surface area contributed by atoms with Crippen LogP contribution in [0.2, 0.25) is 0 Å². The highest BCUT2D eigenvalue weighted by molar-refractivity contribution is 5.92. The number of carbonyl (C=O) groups is 1. The lowest BCUT2D eigenvalue weighted by Gasteiger charge is -2.27. The Kier molecular flexibility index (Phi) is 5.80. The van der Waals surface area contributed by atoms with Crippen LogP contribution in [0.1, 0.15) is 5.76 Å². The number of morpholine rings is 1. The summed E-state index contributed by atoms with van der Waals surface area (Å²) in [6.07, 6.45) is 4.98. The Morgan fingerprint density at radius 2 is 1.83 bits per heavy atom. The second kappa shape index (κ2) is 9.55. The molecule has 1 fully saturated rings. The topological polar surface area (TPSA) is 135 Å². The van der Waals surface area contributed by atoms with E-state index in [9.17, 15) is 4.79 Å². The summed E-state index contributed by atoms with van der Waals surface area (Å²) in [6.45, 7) is 2.86. The van der Waals surface area contributed by atoms with Crippen molar-refractivity contribution in [2.24, 2.45) is 0 Å². The molecule has 1 aliphatic rings. The number of ether oxygens (including phenoxy) is 1. The van der Waals surface area contributed by atoms with Gasteiger partial charge in [0.05, 0.1) is 19.6 Å². The minimum absolute atomic E-state index is 0.0758. The lowest BCUT2D eigenvalue weighted by molar-refractivity contribution is -0.115. The van der Waals surface area contributed by atoms with Crippen LogP contribution in [0.3, 0.4) is 0 Å². The van der Waals surface area contributed by atoms with Crippen molar-refractivity contribution < 1.29 is 14.1 Å². The van der Waals surface area contributed by atoms with E-state index in [2.05, 4.69) is 35.3 Å². The third-order valence-corrected chi connectivity index (χ3v) is 5.89. The number of amides is 1. The quantitative estimate of drug-likeness (QED) is 0.374. The molecule has 4 aromatic heterocycles. The zero-order valence-electron chi connectivity index (χ0n) is 19.2. The molecule has 1 aromatic carbocycles. The molecule has 0 atom stereocenters. The third-order valence-electron chi connectivity index (χ3n) is 5.89. The summed E-state index contributed by atoms with van der Waals surface area (Å²) < 4.78 is 10.8. The first-order valence-corrected chi connectivity index (χ1v) is 11.5. The number of benzene rings is 1. The van der Waals surface area contributed by atoms with Gasteiger partial charge in [-0.15, -0.1) is 0 Å². The Labute approximate surface area is 205 Å². The van der Waals surface area contributed by atoms with Crippen LogP contribution in [0.5, 0.6) is 0 Å². The van der Waals surface area contributed by atoms with E-state index in [0.717, 1.165) is 35.6 Å². The van der Waals surface area contributed by atoms with Gasteiger partial charge in [0.15, 0.2) is 17.0 Å². The number of carbonyl (C=O) groups excluding carboxylic acids is 1. The van der Waals surface area contributed by atoms with Gasteiger partial charge in [-0.3, -0.25) is 9.78 Å². The fourth-order valence-electron chi connectivity index (χ4n) is 4.09. The number of pyridine rings is 1. The number of hydrogen-bond donors (Lipinski definition) is 2.